The molecule has 0 aliphatic carbocycles. The van der Waals surface area contributed by atoms with Crippen molar-refractivity contribution in [1.82, 2.24) is 10.0 Å². The van der Waals surface area contributed by atoms with Crippen molar-refractivity contribution in [3.63, 3.8) is 0 Å². The third-order valence-electron chi connectivity index (χ3n) is 3.17. The molecule has 0 saturated carbocycles. The predicted octanol–water partition coefficient (Wildman–Crippen LogP) is 1.66. The molecule has 0 aliphatic heterocycles. The number of alkyl carbamates (subject to hydrolysis) is 1. The van der Waals surface area contributed by atoms with Crippen LogP contribution in [-0.4, -0.2) is 55.6 Å². The maximum absolute atomic E-state index is 12.0. The first-order valence-corrected chi connectivity index (χ1v) is 8.84. The largest absolute Gasteiger partial charge is 0.492 e. The van der Waals surface area contributed by atoms with Crippen molar-refractivity contribution in [1.29, 1.82) is 0 Å². The topological polar surface area (TPSA) is 139 Å². The Morgan fingerprint density at radius 3 is 2.07 bits per heavy atom. The number of carbonyl (C=O) groups excluding carboxylic acids is 2. The number of hydrogen-bond acceptors (Lipinski definition) is 8. The Kier molecular flexibility index (Phi) is 7.71. The van der Waals surface area contributed by atoms with Gasteiger partial charge in [-0.25, -0.2) is 9.59 Å². The van der Waals surface area contributed by atoms with Crippen molar-refractivity contribution in [3.8, 4) is 11.8 Å². The Balaban J connectivity index is 2.75. The van der Waals surface area contributed by atoms with Crippen LogP contribution in [0.15, 0.2) is 12.1 Å². The van der Waals surface area contributed by atoms with Gasteiger partial charge in [0.15, 0.2) is 6.29 Å². The average Bonchev–Trinajstić information content (AvgIpc) is 2.79. The first-order valence-electron chi connectivity index (χ1n) is 8.84. The minimum absolute atomic E-state index is 0.0435. The summed E-state index contributed by atoms with van der Waals surface area (Å²) in [6, 6.07) is 1.33. The van der Waals surface area contributed by atoms with E-state index in [0.717, 1.165) is 12.1 Å². The zero-order valence-electron chi connectivity index (χ0n) is 17.1. The molecule has 1 aromatic heterocycles. The normalized spacial score (nSPS) is 14.2. The smallest absolute Gasteiger partial charge is 0.408 e. The highest BCUT2D eigenvalue weighted by Gasteiger charge is 2.29. The van der Waals surface area contributed by atoms with Crippen molar-refractivity contribution in [2.45, 2.75) is 77.9 Å². The molecule has 0 fully saturated rings. The zero-order chi connectivity index (χ0) is 21.7. The van der Waals surface area contributed by atoms with Gasteiger partial charge in [0.25, 0.3) is 0 Å². The Labute approximate surface area is 164 Å². The lowest BCUT2D eigenvalue weighted by Crippen LogP contribution is -2.48. The van der Waals surface area contributed by atoms with Crippen molar-refractivity contribution in [3.05, 3.63) is 12.1 Å². The van der Waals surface area contributed by atoms with Crippen LogP contribution in [-0.2, 0) is 14.3 Å². The van der Waals surface area contributed by atoms with Gasteiger partial charge in [-0.05, 0) is 48.0 Å². The van der Waals surface area contributed by atoms with Gasteiger partial charge in [-0.3, -0.25) is 0 Å². The molecule has 0 radical (unpaired) electrons. The minimum atomic E-state index is -1.41. The number of aromatic hydroxyl groups is 2. The summed E-state index contributed by atoms with van der Waals surface area (Å²) in [5.41, 5.74) is -1.44. The van der Waals surface area contributed by atoms with E-state index in [-0.39, 0.29) is 12.8 Å². The van der Waals surface area contributed by atoms with Gasteiger partial charge in [-0.2, -0.15) is 0 Å². The summed E-state index contributed by atoms with van der Waals surface area (Å²) in [4.78, 5) is 28.9. The highest BCUT2D eigenvalue weighted by Crippen LogP contribution is 2.20. The summed E-state index contributed by atoms with van der Waals surface area (Å²) in [7, 11) is 0. The van der Waals surface area contributed by atoms with Crippen molar-refractivity contribution in [2.75, 3.05) is 0 Å². The van der Waals surface area contributed by atoms with Gasteiger partial charge in [0.1, 0.15) is 5.60 Å². The summed E-state index contributed by atoms with van der Waals surface area (Å²) >= 11 is 0. The quantitative estimate of drug-likeness (QED) is 0.505. The number of aliphatic hydroxyl groups is 1. The van der Waals surface area contributed by atoms with Crippen LogP contribution >= 0.6 is 0 Å². The van der Waals surface area contributed by atoms with Crippen LogP contribution < -0.4 is 10.2 Å². The third kappa shape index (κ3) is 8.49. The van der Waals surface area contributed by atoms with E-state index in [1.165, 1.54) is 0 Å². The summed E-state index contributed by atoms with van der Waals surface area (Å²) in [6.45, 7) is 10.3. The molecule has 28 heavy (non-hydrogen) atoms. The van der Waals surface area contributed by atoms with E-state index in [2.05, 4.69) is 5.32 Å². The van der Waals surface area contributed by atoms with Gasteiger partial charge < -0.3 is 34.9 Å². The Morgan fingerprint density at radius 2 is 1.61 bits per heavy atom. The van der Waals surface area contributed by atoms with Crippen molar-refractivity contribution >= 4 is 12.1 Å². The number of ether oxygens (including phenoxy) is 2. The lowest BCUT2D eigenvalue weighted by atomic mass is 10.1. The lowest BCUT2D eigenvalue weighted by molar-refractivity contribution is -0.181. The molecule has 0 bridgehead atoms. The van der Waals surface area contributed by atoms with E-state index in [4.69, 9.17) is 14.3 Å². The molecule has 2 atom stereocenters. The fraction of sp³-hybridized carbons (Fsp3) is 0.667. The van der Waals surface area contributed by atoms with Gasteiger partial charge in [0.2, 0.25) is 11.8 Å². The number of nitrogens with one attached hydrogen (secondary N) is 1. The van der Waals surface area contributed by atoms with Gasteiger partial charge in [0.05, 0.1) is 18.1 Å². The van der Waals surface area contributed by atoms with Crippen LogP contribution in [0.5, 0.6) is 11.8 Å². The molecule has 0 saturated heterocycles. The molecule has 2 unspecified atom stereocenters. The number of amides is 1. The van der Waals surface area contributed by atoms with E-state index >= 15 is 0 Å². The van der Waals surface area contributed by atoms with Gasteiger partial charge in [-0.1, -0.05) is 0 Å². The molecule has 0 spiro atoms. The molecule has 0 aliphatic rings. The molecular weight excluding hydrogens is 372 g/mol. The van der Waals surface area contributed by atoms with Gasteiger partial charge >= 0.3 is 12.1 Å². The highest BCUT2D eigenvalue weighted by atomic mass is 16.7. The molecule has 4 N–H and O–H groups in total. The predicted molar refractivity (Wildman–Crippen MR) is 98.6 cm³/mol. The first-order chi connectivity index (χ1) is 12.7. The number of hydrogen-bond donors (Lipinski definition) is 4. The SMILES string of the molecule is CC(C)(C)OC(=O)NC(CCC(=O)On1c(O)ccc1O)C(O)OC(C)(C)C. The highest BCUT2D eigenvalue weighted by molar-refractivity contribution is 5.70. The number of carbonyl (C=O) groups is 2. The van der Waals surface area contributed by atoms with Crippen molar-refractivity contribution in [2.24, 2.45) is 0 Å². The first kappa shape index (κ1) is 23.6. The summed E-state index contributed by atoms with van der Waals surface area (Å²) in [5, 5.41) is 31.8. The number of aromatic nitrogens is 1. The fourth-order valence-corrected chi connectivity index (χ4v) is 2.11. The second-order valence-electron chi connectivity index (χ2n) is 8.22. The van der Waals surface area contributed by atoms with E-state index in [0.29, 0.717) is 4.73 Å². The molecule has 160 valence electrons. The summed E-state index contributed by atoms with van der Waals surface area (Å²) in [5.74, 6) is -1.71. The zero-order valence-corrected chi connectivity index (χ0v) is 17.1. The molecule has 1 rings (SSSR count). The van der Waals surface area contributed by atoms with Crippen LogP contribution in [0, 0.1) is 0 Å². The minimum Gasteiger partial charge on any atom is -0.492 e. The molecule has 1 aromatic rings. The number of rotatable bonds is 7. The monoisotopic (exact) mass is 402 g/mol. The molecular formula is C18H30N2O8. The van der Waals surface area contributed by atoms with Crippen LogP contribution in [0.4, 0.5) is 4.79 Å². The second-order valence-corrected chi connectivity index (χ2v) is 8.22. The van der Waals surface area contributed by atoms with E-state index in [9.17, 15) is 24.9 Å². The Bertz CT molecular complexity index is 653. The van der Waals surface area contributed by atoms with Gasteiger partial charge in [0, 0.05) is 12.1 Å². The lowest BCUT2D eigenvalue weighted by Gasteiger charge is -2.30. The standard InChI is InChI=1S/C18H30N2O8/c1-17(2,3)26-15(24)11(19-16(25)27-18(4,5)6)7-10-14(23)28-20-12(21)8-9-13(20)22/h8-9,11,15,21-22,24H,7,10H2,1-6H3,(H,19,25). The average molecular weight is 402 g/mol. The maximum Gasteiger partial charge on any atom is 0.408 e. The van der Waals surface area contributed by atoms with E-state index in [1.807, 2.05) is 0 Å². The van der Waals surface area contributed by atoms with E-state index < -0.39 is 47.4 Å². The Morgan fingerprint density at radius 1 is 1.07 bits per heavy atom. The summed E-state index contributed by atoms with van der Waals surface area (Å²) < 4.78 is 11.2. The van der Waals surface area contributed by atoms with Crippen LogP contribution in [0.1, 0.15) is 54.4 Å². The number of nitrogens with zero attached hydrogens (tertiary/aromatic N) is 1. The molecule has 10 nitrogen and oxygen atoms in total. The van der Waals surface area contributed by atoms with Crippen LogP contribution in [0.3, 0.4) is 0 Å². The third-order valence-corrected chi connectivity index (χ3v) is 3.17. The number of aliphatic hydroxyl groups excluding tert-OH is 1. The molecule has 1 heterocycles. The molecule has 1 amide bonds. The molecule has 10 heteroatoms. The fourth-order valence-electron chi connectivity index (χ4n) is 2.11. The van der Waals surface area contributed by atoms with E-state index in [1.54, 1.807) is 41.5 Å². The second kappa shape index (κ2) is 9.16. The van der Waals surface area contributed by atoms with Crippen LogP contribution in [0.2, 0.25) is 0 Å². The van der Waals surface area contributed by atoms with Crippen LogP contribution in [0.25, 0.3) is 0 Å². The molecule has 0 aromatic carbocycles. The van der Waals surface area contributed by atoms with Crippen molar-refractivity contribution < 1.29 is 39.2 Å². The maximum atomic E-state index is 12.0. The van der Waals surface area contributed by atoms with Gasteiger partial charge in [-0.15, -0.1) is 4.73 Å². The Hall–Kier alpha value is -2.46. The summed E-state index contributed by atoms with van der Waals surface area (Å²) in [6.07, 6.45) is -2.47.